The summed E-state index contributed by atoms with van der Waals surface area (Å²) in [6.45, 7) is 4.28. The van der Waals surface area contributed by atoms with Gasteiger partial charge >= 0.3 is 0 Å². The minimum Gasteiger partial charge on any atom is -0.361 e. The van der Waals surface area contributed by atoms with E-state index in [0.717, 1.165) is 20.9 Å². The zero-order valence-corrected chi connectivity index (χ0v) is 15.2. The molecule has 0 spiro atoms. The lowest BCUT2D eigenvalue weighted by atomic mass is 10.1. The summed E-state index contributed by atoms with van der Waals surface area (Å²) in [5.74, 6) is -0.388. The van der Waals surface area contributed by atoms with Crippen LogP contribution in [0.3, 0.4) is 0 Å². The number of carbonyl (C=O) groups is 1. The number of nitrogens with zero attached hydrogens (tertiary/aromatic N) is 1. The molecule has 5 heteroatoms. The Morgan fingerprint density at radius 3 is 2.84 bits per heavy atom. The molecule has 0 radical (unpaired) electrons. The largest absolute Gasteiger partial charge is 0.361 e. The Morgan fingerprint density at radius 1 is 1.24 bits per heavy atom. The molecule has 1 aromatic heterocycles. The van der Waals surface area contributed by atoms with Crippen LogP contribution in [0.25, 0.3) is 10.9 Å². The molecule has 0 aliphatic carbocycles. The van der Waals surface area contributed by atoms with Crippen LogP contribution in [-0.2, 0) is 17.8 Å². The summed E-state index contributed by atoms with van der Waals surface area (Å²) in [5, 5.41) is 1.03. The number of aromatic amines is 1. The highest BCUT2D eigenvalue weighted by molar-refractivity contribution is 9.10. The van der Waals surface area contributed by atoms with Gasteiger partial charge in [-0.1, -0.05) is 40.2 Å². The third-order valence-corrected chi connectivity index (χ3v) is 4.58. The van der Waals surface area contributed by atoms with Gasteiger partial charge in [-0.3, -0.25) is 4.79 Å². The van der Waals surface area contributed by atoms with Crippen LogP contribution in [0.5, 0.6) is 0 Å². The fourth-order valence-electron chi connectivity index (χ4n) is 2.83. The third kappa shape index (κ3) is 3.99. The number of hydrogen-bond acceptors (Lipinski definition) is 1. The van der Waals surface area contributed by atoms with Crippen molar-refractivity contribution in [2.45, 2.75) is 13.0 Å². The normalized spacial score (nSPS) is 10.8. The topological polar surface area (TPSA) is 36.1 Å². The highest BCUT2D eigenvalue weighted by atomic mass is 79.9. The third-order valence-electron chi connectivity index (χ3n) is 4.09. The van der Waals surface area contributed by atoms with Crippen molar-refractivity contribution in [1.82, 2.24) is 9.88 Å². The van der Waals surface area contributed by atoms with E-state index >= 15 is 0 Å². The monoisotopic (exact) mass is 400 g/mol. The highest BCUT2D eigenvalue weighted by Crippen LogP contribution is 2.21. The van der Waals surface area contributed by atoms with Gasteiger partial charge in [-0.05, 0) is 29.8 Å². The first kappa shape index (κ1) is 17.4. The van der Waals surface area contributed by atoms with Gasteiger partial charge in [0.2, 0.25) is 5.91 Å². The van der Waals surface area contributed by atoms with Crippen LogP contribution in [0.15, 0.2) is 65.8 Å². The van der Waals surface area contributed by atoms with Gasteiger partial charge in [-0.2, -0.15) is 0 Å². The van der Waals surface area contributed by atoms with Crippen molar-refractivity contribution in [3.8, 4) is 0 Å². The van der Waals surface area contributed by atoms with Gasteiger partial charge in [0.1, 0.15) is 5.82 Å². The fraction of sp³-hybridized carbons (Fsp3) is 0.150. The summed E-state index contributed by atoms with van der Waals surface area (Å²) in [7, 11) is 0. The van der Waals surface area contributed by atoms with E-state index in [1.807, 2.05) is 30.5 Å². The molecular weight excluding hydrogens is 383 g/mol. The van der Waals surface area contributed by atoms with Gasteiger partial charge in [0, 0.05) is 40.2 Å². The van der Waals surface area contributed by atoms with E-state index in [9.17, 15) is 9.18 Å². The summed E-state index contributed by atoms with van der Waals surface area (Å²) >= 11 is 3.34. The maximum atomic E-state index is 14.0. The maximum Gasteiger partial charge on any atom is 0.227 e. The SMILES string of the molecule is C=CCN(Cc1cc(Br)ccc1F)C(=O)Cc1c[nH]c2ccccc12. The van der Waals surface area contributed by atoms with E-state index in [-0.39, 0.29) is 24.7 Å². The molecular formula is C20H18BrFN2O. The average Bonchev–Trinajstić information content (AvgIpc) is 3.01. The number of rotatable bonds is 6. The minimum absolute atomic E-state index is 0.0657. The van der Waals surface area contributed by atoms with Gasteiger partial charge in [0.15, 0.2) is 0 Å². The summed E-state index contributed by atoms with van der Waals surface area (Å²) < 4.78 is 14.8. The Morgan fingerprint density at radius 2 is 2.04 bits per heavy atom. The van der Waals surface area contributed by atoms with E-state index in [4.69, 9.17) is 0 Å². The Labute approximate surface area is 154 Å². The molecule has 3 rings (SSSR count). The van der Waals surface area contributed by atoms with Crippen LogP contribution in [0.1, 0.15) is 11.1 Å². The van der Waals surface area contributed by atoms with E-state index < -0.39 is 0 Å². The predicted octanol–water partition coefficient (Wildman–Crippen LogP) is 4.83. The number of hydrogen-bond donors (Lipinski definition) is 1. The number of amides is 1. The summed E-state index contributed by atoms with van der Waals surface area (Å²) in [6, 6.07) is 12.6. The Hall–Kier alpha value is -2.40. The first-order chi connectivity index (χ1) is 12.1. The molecule has 3 nitrogen and oxygen atoms in total. The number of halogens is 2. The fourth-order valence-corrected chi connectivity index (χ4v) is 3.24. The second-order valence-corrected chi connectivity index (χ2v) is 6.75. The molecule has 0 fully saturated rings. The number of aromatic nitrogens is 1. The van der Waals surface area contributed by atoms with E-state index in [0.29, 0.717) is 12.1 Å². The molecule has 1 heterocycles. The second-order valence-electron chi connectivity index (χ2n) is 5.83. The van der Waals surface area contributed by atoms with Crippen molar-refractivity contribution in [3.63, 3.8) is 0 Å². The van der Waals surface area contributed by atoms with E-state index in [1.165, 1.54) is 6.07 Å². The number of fused-ring (bicyclic) bond motifs is 1. The van der Waals surface area contributed by atoms with Crippen LogP contribution in [0.2, 0.25) is 0 Å². The zero-order valence-electron chi connectivity index (χ0n) is 13.6. The first-order valence-corrected chi connectivity index (χ1v) is 8.75. The van der Waals surface area contributed by atoms with Crippen molar-refractivity contribution >= 4 is 32.7 Å². The molecule has 3 aromatic rings. The van der Waals surface area contributed by atoms with Gasteiger partial charge in [-0.15, -0.1) is 6.58 Å². The van der Waals surface area contributed by atoms with Crippen LogP contribution < -0.4 is 0 Å². The predicted molar refractivity (Wildman–Crippen MR) is 102 cm³/mol. The molecule has 128 valence electrons. The molecule has 0 aliphatic rings. The van der Waals surface area contributed by atoms with Crippen molar-refractivity contribution in [3.05, 3.63) is 82.7 Å². The second kappa shape index (κ2) is 7.66. The molecule has 25 heavy (non-hydrogen) atoms. The molecule has 1 amide bonds. The number of para-hydroxylation sites is 1. The molecule has 2 aromatic carbocycles. The maximum absolute atomic E-state index is 14.0. The first-order valence-electron chi connectivity index (χ1n) is 7.96. The number of benzene rings is 2. The van der Waals surface area contributed by atoms with Crippen LogP contribution in [0, 0.1) is 5.82 Å². The smallest absolute Gasteiger partial charge is 0.227 e. The summed E-state index contributed by atoms with van der Waals surface area (Å²) in [6.07, 6.45) is 3.77. The van der Waals surface area contributed by atoms with Crippen molar-refractivity contribution < 1.29 is 9.18 Å². The van der Waals surface area contributed by atoms with Gasteiger partial charge in [0.25, 0.3) is 0 Å². The molecule has 1 N–H and O–H groups in total. The van der Waals surface area contributed by atoms with Crippen LogP contribution in [0.4, 0.5) is 4.39 Å². The molecule has 0 aliphatic heterocycles. The lowest BCUT2D eigenvalue weighted by Crippen LogP contribution is -2.32. The molecule has 0 unspecified atom stereocenters. The van der Waals surface area contributed by atoms with Crippen molar-refractivity contribution in [2.75, 3.05) is 6.54 Å². The quantitative estimate of drug-likeness (QED) is 0.591. The van der Waals surface area contributed by atoms with Gasteiger partial charge in [-0.25, -0.2) is 4.39 Å². The lowest BCUT2D eigenvalue weighted by molar-refractivity contribution is -0.130. The standard InChI is InChI=1S/C20H18BrFN2O/c1-2-9-24(13-15-10-16(21)7-8-18(15)22)20(25)11-14-12-23-19-6-4-3-5-17(14)19/h2-8,10,12,23H,1,9,11,13H2. The Bertz CT molecular complexity index is 919. The average molecular weight is 401 g/mol. The Balaban J connectivity index is 1.81. The van der Waals surface area contributed by atoms with Crippen molar-refractivity contribution in [1.29, 1.82) is 0 Å². The van der Waals surface area contributed by atoms with Crippen molar-refractivity contribution in [2.24, 2.45) is 0 Å². The Kier molecular flexibility index (Phi) is 5.34. The molecule has 0 atom stereocenters. The zero-order chi connectivity index (χ0) is 17.8. The van der Waals surface area contributed by atoms with E-state index in [1.54, 1.807) is 23.1 Å². The molecule has 0 saturated carbocycles. The van der Waals surface area contributed by atoms with Gasteiger partial charge in [0.05, 0.1) is 6.42 Å². The molecule has 0 saturated heterocycles. The number of nitrogens with one attached hydrogen (secondary N) is 1. The van der Waals surface area contributed by atoms with Gasteiger partial charge < -0.3 is 9.88 Å². The summed E-state index contributed by atoms with van der Waals surface area (Å²) in [5.41, 5.74) is 2.41. The number of carbonyl (C=O) groups excluding carboxylic acids is 1. The summed E-state index contributed by atoms with van der Waals surface area (Å²) in [4.78, 5) is 17.6. The minimum atomic E-state index is -0.322. The lowest BCUT2D eigenvalue weighted by Gasteiger charge is -2.21. The van der Waals surface area contributed by atoms with E-state index in [2.05, 4.69) is 27.5 Å². The highest BCUT2D eigenvalue weighted by Gasteiger charge is 2.17. The van der Waals surface area contributed by atoms with Crippen LogP contribution in [-0.4, -0.2) is 22.3 Å². The van der Waals surface area contributed by atoms with Crippen LogP contribution >= 0.6 is 15.9 Å². The number of H-pyrrole nitrogens is 1. The molecule has 0 bridgehead atoms.